The summed E-state index contributed by atoms with van der Waals surface area (Å²) < 4.78 is 4.71. The number of carbonyl (C=O) groups is 2. The highest BCUT2D eigenvalue weighted by atomic mass is 16.5. The molecule has 0 spiro atoms. The van der Waals surface area contributed by atoms with Gasteiger partial charge in [-0.25, -0.2) is 14.4 Å². The highest BCUT2D eigenvalue weighted by Gasteiger charge is 2.15. The predicted molar refractivity (Wildman–Crippen MR) is 71.0 cm³/mol. The molecule has 0 aliphatic rings. The Hall–Kier alpha value is -3.03. The maximum atomic E-state index is 11.4. The van der Waals surface area contributed by atoms with Gasteiger partial charge >= 0.3 is 17.8 Å². The standard InChI is InChI=1S/C12H11N3O5/c1-2-3-20-12(19)15-7-5-9-8(13-11(18)14-9)4-6(7)10(16)17/h2,4-5H,1,3H2,(H,15,19)(H,16,17)(H2,13,14,18). The molecule has 0 unspecified atom stereocenters. The summed E-state index contributed by atoms with van der Waals surface area (Å²) in [6.45, 7) is 3.38. The molecule has 2 rings (SSSR count). The van der Waals surface area contributed by atoms with Gasteiger partial charge in [0, 0.05) is 0 Å². The van der Waals surface area contributed by atoms with E-state index in [2.05, 4.69) is 21.9 Å². The van der Waals surface area contributed by atoms with Crippen LogP contribution in [0.5, 0.6) is 0 Å². The van der Waals surface area contributed by atoms with Crippen LogP contribution in [0.25, 0.3) is 11.0 Å². The molecule has 0 saturated heterocycles. The van der Waals surface area contributed by atoms with Crippen LogP contribution in [0.2, 0.25) is 0 Å². The Kier molecular flexibility index (Phi) is 3.56. The highest BCUT2D eigenvalue weighted by Crippen LogP contribution is 2.21. The van der Waals surface area contributed by atoms with E-state index in [4.69, 9.17) is 9.84 Å². The first-order valence-electron chi connectivity index (χ1n) is 5.55. The molecule has 104 valence electrons. The number of hydrogen-bond donors (Lipinski definition) is 4. The lowest BCUT2D eigenvalue weighted by atomic mass is 10.1. The topological polar surface area (TPSA) is 124 Å². The molecule has 0 aliphatic heterocycles. The Balaban J connectivity index is 2.41. The molecule has 0 fully saturated rings. The molecule has 2 aromatic rings. The number of carboxylic acid groups (broad SMARTS) is 1. The number of aromatic carboxylic acids is 1. The zero-order valence-corrected chi connectivity index (χ0v) is 10.2. The molecular formula is C12H11N3O5. The number of benzene rings is 1. The van der Waals surface area contributed by atoms with Gasteiger partial charge in [0.25, 0.3) is 0 Å². The normalized spacial score (nSPS) is 10.2. The van der Waals surface area contributed by atoms with Crippen LogP contribution in [0.15, 0.2) is 29.6 Å². The molecule has 0 aliphatic carbocycles. The lowest BCUT2D eigenvalue weighted by Crippen LogP contribution is -2.16. The average molecular weight is 277 g/mol. The smallest absolute Gasteiger partial charge is 0.411 e. The lowest BCUT2D eigenvalue weighted by molar-refractivity contribution is 0.0698. The number of aromatic amines is 2. The molecule has 1 amide bonds. The van der Waals surface area contributed by atoms with Crippen molar-refractivity contribution in [1.82, 2.24) is 9.97 Å². The average Bonchev–Trinajstić information content (AvgIpc) is 2.74. The van der Waals surface area contributed by atoms with E-state index in [-0.39, 0.29) is 17.9 Å². The Bertz CT molecular complexity index is 743. The molecule has 4 N–H and O–H groups in total. The third-order valence-electron chi connectivity index (χ3n) is 2.45. The second-order valence-electron chi connectivity index (χ2n) is 3.84. The Labute approximate surface area is 112 Å². The number of nitrogens with one attached hydrogen (secondary N) is 3. The number of aromatic nitrogens is 2. The van der Waals surface area contributed by atoms with E-state index in [9.17, 15) is 14.4 Å². The Morgan fingerprint density at radius 1 is 1.35 bits per heavy atom. The van der Waals surface area contributed by atoms with E-state index >= 15 is 0 Å². The van der Waals surface area contributed by atoms with Crippen molar-refractivity contribution in [2.45, 2.75) is 0 Å². The summed E-state index contributed by atoms with van der Waals surface area (Å²) >= 11 is 0. The number of H-pyrrole nitrogens is 2. The number of ether oxygens (including phenoxy) is 1. The molecular weight excluding hydrogens is 266 g/mol. The van der Waals surface area contributed by atoms with Gasteiger partial charge in [-0.05, 0) is 12.1 Å². The Morgan fingerprint density at radius 2 is 2.00 bits per heavy atom. The minimum atomic E-state index is -1.24. The number of fused-ring (bicyclic) bond motifs is 1. The number of carbonyl (C=O) groups excluding carboxylic acids is 1. The van der Waals surface area contributed by atoms with Gasteiger partial charge in [-0.1, -0.05) is 12.7 Å². The second kappa shape index (κ2) is 5.31. The summed E-state index contributed by atoms with van der Waals surface area (Å²) in [7, 11) is 0. The first-order chi connectivity index (χ1) is 9.51. The molecule has 1 aromatic heterocycles. The van der Waals surface area contributed by atoms with Gasteiger partial charge in [-0.3, -0.25) is 5.32 Å². The van der Waals surface area contributed by atoms with Crippen molar-refractivity contribution >= 4 is 28.8 Å². The summed E-state index contributed by atoms with van der Waals surface area (Å²) in [4.78, 5) is 38.7. The van der Waals surface area contributed by atoms with Crippen LogP contribution < -0.4 is 11.0 Å². The van der Waals surface area contributed by atoms with Gasteiger partial charge in [-0.2, -0.15) is 0 Å². The third kappa shape index (κ3) is 2.69. The van der Waals surface area contributed by atoms with Gasteiger partial charge in [0.05, 0.1) is 22.3 Å². The van der Waals surface area contributed by atoms with E-state index in [1.165, 1.54) is 18.2 Å². The van der Waals surface area contributed by atoms with Gasteiger partial charge in [-0.15, -0.1) is 0 Å². The maximum absolute atomic E-state index is 11.4. The van der Waals surface area contributed by atoms with Crippen LogP contribution >= 0.6 is 0 Å². The second-order valence-corrected chi connectivity index (χ2v) is 3.84. The minimum absolute atomic E-state index is 0.00251. The van der Waals surface area contributed by atoms with Crippen LogP contribution in [0.1, 0.15) is 10.4 Å². The van der Waals surface area contributed by atoms with E-state index in [1.54, 1.807) is 0 Å². The number of carboxylic acids is 1. The number of amides is 1. The number of imidazole rings is 1. The maximum Gasteiger partial charge on any atom is 0.411 e. The van der Waals surface area contributed by atoms with Crippen molar-refractivity contribution in [3.63, 3.8) is 0 Å². The summed E-state index contributed by atoms with van der Waals surface area (Å²) in [6.07, 6.45) is 0.564. The largest absolute Gasteiger partial charge is 0.478 e. The number of rotatable bonds is 4. The molecule has 1 heterocycles. The van der Waals surface area contributed by atoms with Gasteiger partial charge in [0.15, 0.2) is 0 Å². The molecule has 20 heavy (non-hydrogen) atoms. The zero-order chi connectivity index (χ0) is 14.7. The Morgan fingerprint density at radius 3 is 2.60 bits per heavy atom. The van der Waals surface area contributed by atoms with E-state index < -0.39 is 17.8 Å². The van der Waals surface area contributed by atoms with Crippen LogP contribution in [0.4, 0.5) is 10.5 Å². The highest BCUT2D eigenvalue weighted by molar-refractivity contribution is 6.02. The molecule has 8 heteroatoms. The monoisotopic (exact) mass is 277 g/mol. The van der Waals surface area contributed by atoms with Crippen LogP contribution in [0.3, 0.4) is 0 Å². The fourth-order valence-electron chi connectivity index (χ4n) is 1.64. The first-order valence-corrected chi connectivity index (χ1v) is 5.55. The summed E-state index contributed by atoms with van der Waals surface area (Å²) in [5.41, 5.74) is 0.0942. The summed E-state index contributed by atoms with van der Waals surface area (Å²) in [5.74, 6) is -1.24. The molecule has 0 atom stereocenters. The molecule has 0 saturated carbocycles. The quantitative estimate of drug-likeness (QED) is 0.627. The molecule has 0 radical (unpaired) electrons. The first kappa shape index (κ1) is 13.4. The van der Waals surface area contributed by atoms with Crippen molar-refractivity contribution in [3.8, 4) is 0 Å². The van der Waals surface area contributed by atoms with E-state index in [0.29, 0.717) is 11.0 Å². The summed E-state index contributed by atoms with van der Waals surface area (Å²) in [6, 6.07) is 2.59. The third-order valence-corrected chi connectivity index (χ3v) is 2.45. The predicted octanol–water partition coefficient (Wildman–Crippen LogP) is 1.29. The van der Waals surface area contributed by atoms with Crippen molar-refractivity contribution in [1.29, 1.82) is 0 Å². The summed E-state index contributed by atoms with van der Waals surface area (Å²) in [5, 5.41) is 11.4. The van der Waals surface area contributed by atoms with Crippen LogP contribution in [-0.2, 0) is 4.74 Å². The minimum Gasteiger partial charge on any atom is -0.478 e. The van der Waals surface area contributed by atoms with Crippen molar-refractivity contribution in [2.24, 2.45) is 0 Å². The SMILES string of the molecule is C=CCOC(=O)Nc1cc2[nH]c(=O)[nH]c2cc1C(=O)O. The molecule has 1 aromatic carbocycles. The van der Waals surface area contributed by atoms with Crippen LogP contribution in [-0.4, -0.2) is 33.7 Å². The fraction of sp³-hybridized carbons (Fsp3) is 0.0833. The molecule has 0 bridgehead atoms. The van der Waals surface area contributed by atoms with Gasteiger partial charge < -0.3 is 19.8 Å². The number of anilines is 1. The van der Waals surface area contributed by atoms with Crippen molar-refractivity contribution in [3.05, 3.63) is 40.8 Å². The number of hydrogen-bond acceptors (Lipinski definition) is 4. The van der Waals surface area contributed by atoms with Gasteiger partial charge in [0.2, 0.25) is 0 Å². The lowest BCUT2D eigenvalue weighted by Gasteiger charge is -2.08. The van der Waals surface area contributed by atoms with E-state index in [0.717, 1.165) is 0 Å². The molecule has 8 nitrogen and oxygen atoms in total. The van der Waals surface area contributed by atoms with Gasteiger partial charge in [0.1, 0.15) is 6.61 Å². The van der Waals surface area contributed by atoms with Crippen molar-refractivity contribution in [2.75, 3.05) is 11.9 Å². The van der Waals surface area contributed by atoms with Crippen molar-refractivity contribution < 1.29 is 19.4 Å². The van der Waals surface area contributed by atoms with Crippen LogP contribution in [0, 0.1) is 0 Å². The fourth-order valence-corrected chi connectivity index (χ4v) is 1.64. The zero-order valence-electron chi connectivity index (χ0n) is 10.2. The van der Waals surface area contributed by atoms with E-state index in [1.807, 2.05) is 0 Å².